The van der Waals surface area contributed by atoms with E-state index in [0.29, 0.717) is 33.0 Å². The number of halogens is 2. The normalized spacial score (nSPS) is 12.5. The molecule has 0 amide bonds. The highest BCUT2D eigenvalue weighted by Gasteiger charge is 2.14. The molecular weight excluding hydrogens is 410 g/mol. The van der Waals surface area contributed by atoms with Gasteiger partial charge >= 0.3 is 6.55 Å². The Morgan fingerprint density at radius 1 is 1.13 bits per heavy atom. The molecule has 13 heteroatoms. The van der Waals surface area contributed by atoms with Crippen LogP contribution in [-0.4, -0.2) is 50.5 Å². The number of nitrogens with one attached hydrogen (secondary N) is 3. The van der Waals surface area contributed by atoms with Gasteiger partial charge in [-0.1, -0.05) is 11.2 Å². The summed E-state index contributed by atoms with van der Waals surface area (Å²) in [5, 5.41) is 30.6. The van der Waals surface area contributed by atoms with Crippen LogP contribution in [0.1, 0.15) is 18.5 Å². The fourth-order valence-corrected chi connectivity index (χ4v) is 3.08. The average molecular weight is 424 g/mol. The van der Waals surface area contributed by atoms with Crippen molar-refractivity contribution >= 4 is 17.0 Å². The molecule has 0 aromatic carbocycles. The molecule has 0 aliphatic rings. The van der Waals surface area contributed by atoms with Crippen molar-refractivity contribution < 1.29 is 13.9 Å². The Morgan fingerprint density at radius 3 is 2.81 bits per heavy atom. The van der Waals surface area contributed by atoms with E-state index in [4.69, 9.17) is 0 Å². The molecule has 4 N–H and O–H groups in total. The van der Waals surface area contributed by atoms with Gasteiger partial charge in [-0.15, -0.1) is 5.10 Å². The van der Waals surface area contributed by atoms with Crippen LogP contribution in [0.2, 0.25) is 0 Å². The molecule has 0 aliphatic carbocycles. The standard InChI is InChI=1S/C18H14F2N10O/c19-17(20)30-8-11(7-22-30)14-5-9-4-10(6-21-15(9)24-14)12-2-1-3-13(23-12)16(31)25-18-26-28-29-27-18/h1-8,16-17,31H,(H,21,24)(H2,25,26,27,28,29). The maximum absolute atomic E-state index is 12.8. The molecule has 5 aromatic heterocycles. The first-order valence-electron chi connectivity index (χ1n) is 9.03. The number of aliphatic hydroxyl groups excluding tert-OH is 1. The molecule has 0 fully saturated rings. The summed E-state index contributed by atoms with van der Waals surface area (Å²) in [6.45, 7) is -2.70. The van der Waals surface area contributed by atoms with Crippen molar-refractivity contribution in [1.82, 2.24) is 45.4 Å². The smallest absolute Gasteiger partial charge is 0.333 e. The van der Waals surface area contributed by atoms with Gasteiger partial charge in [-0.2, -0.15) is 19.1 Å². The van der Waals surface area contributed by atoms with Crippen molar-refractivity contribution in [2.45, 2.75) is 12.8 Å². The number of hydrogen-bond donors (Lipinski definition) is 4. The molecule has 31 heavy (non-hydrogen) atoms. The van der Waals surface area contributed by atoms with E-state index in [-0.39, 0.29) is 5.95 Å². The van der Waals surface area contributed by atoms with Gasteiger partial charge < -0.3 is 15.4 Å². The van der Waals surface area contributed by atoms with Crippen LogP contribution in [0.5, 0.6) is 0 Å². The van der Waals surface area contributed by atoms with Crippen molar-refractivity contribution in [3.8, 4) is 22.5 Å². The number of nitrogens with zero attached hydrogens (tertiary/aromatic N) is 7. The number of hydrogen-bond acceptors (Lipinski definition) is 8. The Kier molecular flexibility index (Phi) is 4.55. The van der Waals surface area contributed by atoms with Crippen LogP contribution in [0.15, 0.2) is 48.9 Å². The summed E-state index contributed by atoms with van der Waals surface area (Å²) >= 11 is 0. The third kappa shape index (κ3) is 3.69. The summed E-state index contributed by atoms with van der Waals surface area (Å²) in [7, 11) is 0. The molecule has 5 rings (SSSR count). The molecule has 0 spiro atoms. The van der Waals surface area contributed by atoms with Crippen molar-refractivity contribution in [2.75, 3.05) is 5.32 Å². The van der Waals surface area contributed by atoms with Gasteiger partial charge in [0.25, 0.3) is 5.95 Å². The molecule has 0 radical (unpaired) electrons. The van der Waals surface area contributed by atoms with Crippen molar-refractivity contribution in [3.05, 3.63) is 54.6 Å². The van der Waals surface area contributed by atoms with Crippen LogP contribution in [0, 0.1) is 0 Å². The predicted molar refractivity (Wildman–Crippen MR) is 105 cm³/mol. The maximum atomic E-state index is 12.8. The number of anilines is 1. The summed E-state index contributed by atoms with van der Waals surface area (Å²) in [6, 6.07) is 8.86. The zero-order valence-corrected chi connectivity index (χ0v) is 15.6. The Labute approximate surface area is 172 Å². The topological polar surface area (TPSA) is 146 Å². The molecule has 1 unspecified atom stereocenters. The summed E-state index contributed by atoms with van der Waals surface area (Å²) < 4.78 is 26.1. The van der Waals surface area contributed by atoms with Crippen LogP contribution >= 0.6 is 0 Å². The molecule has 156 valence electrons. The zero-order chi connectivity index (χ0) is 21.4. The number of H-pyrrole nitrogens is 2. The first-order valence-corrected chi connectivity index (χ1v) is 9.03. The molecule has 0 saturated carbocycles. The Balaban J connectivity index is 1.43. The van der Waals surface area contributed by atoms with Gasteiger partial charge in [0.15, 0.2) is 6.23 Å². The lowest BCUT2D eigenvalue weighted by molar-refractivity contribution is 0.0566. The first-order chi connectivity index (χ1) is 15.1. The number of pyridine rings is 2. The van der Waals surface area contributed by atoms with Crippen LogP contribution in [0.3, 0.4) is 0 Å². The molecular formula is C18H14F2N10O. The van der Waals surface area contributed by atoms with E-state index < -0.39 is 12.8 Å². The number of fused-ring (bicyclic) bond motifs is 1. The van der Waals surface area contributed by atoms with E-state index in [9.17, 15) is 13.9 Å². The fourth-order valence-electron chi connectivity index (χ4n) is 3.08. The van der Waals surface area contributed by atoms with E-state index in [2.05, 4.69) is 46.0 Å². The Bertz CT molecular complexity index is 1330. The van der Waals surface area contributed by atoms with Gasteiger partial charge in [0.1, 0.15) is 5.65 Å². The van der Waals surface area contributed by atoms with Gasteiger partial charge in [-0.05, 0) is 29.5 Å². The predicted octanol–water partition coefficient (Wildman–Crippen LogP) is 2.50. The largest absolute Gasteiger partial charge is 0.368 e. The van der Waals surface area contributed by atoms with Gasteiger partial charge in [0.2, 0.25) is 0 Å². The summed E-state index contributed by atoms with van der Waals surface area (Å²) in [5.74, 6) is 0.137. The lowest BCUT2D eigenvalue weighted by Gasteiger charge is -2.11. The van der Waals surface area contributed by atoms with Crippen molar-refractivity contribution in [3.63, 3.8) is 0 Å². The number of aromatic nitrogens is 9. The Hall–Kier alpha value is -4.26. The van der Waals surface area contributed by atoms with E-state index in [1.54, 1.807) is 30.5 Å². The summed E-state index contributed by atoms with van der Waals surface area (Å²) in [5.41, 5.74) is 3.41. The number of aliphatic hydroxyl groups is 1. The van der Waals surface area contributed by atoms with E-state index in [1.807, 2.05) is 6.07 Å². The zero-order valence-electron chi connectivity index (χ0n) is 15.6. The number of rotatable bonds is 6. The van der Waals surface area contributed by atoms with Gasteiger partial charge in [0, 0.05) is 28.9 Å². The fraction of sp³-hybridized carbons (Fsp3) is 0.111. The Morgan fingerprint density at radius 2 is 2.03 bits per heavy atom. The molecule has 0 saturated heterocycles. The summed E-state index contributed by atoms with van der Waals surface area (Å²) in [4.78, 5) is 12.0. The van der Waals surface area contributed by atoms with Gasteiger partial charge in [-0.25, -0.2) is 14.6 Å². The third-order valence-corrected chi connectivity index (χ3v) is 4.54. The maximum Gasteiger partial charge on any atom is 0.333 e. The second-order valence-corrected chi connectivity index (χ2v) is 6.56. The molecule has 5 heterocycles. The van der Waals surface area contributed by atoms with E-state index >= 15 is 0 Å². The minimum absolute atomic E-state index is 0.137. The monoisotopic (exact) mass is 424 g/mol. The third-order valence-electron chi connectivity index (χ3n) is 4.54. The second-order valence-electron chi connectivity index (χ2n) is 6.56. The quantitative estimate of drug-likeness (QED) is 0.304. The minimum atomic E-state index is -2.70. The number of tetrazole rings is 1. The van der Waals surface area contributed by atoms with Crippen molar-refractivity contribution in [1.29, 1.82) is 0 Å². The SMILES string of the molecule is OC(Nc1nn[nH]n1)c1cccc(-c2cnc3[nH]c(-c4cnn(C(F)F)c4)cc3c2)n1. The van der Waals surface area contributed by atoms with Crippen LogP contribution in [0.25, 0.3) is 33.5 Å². The molecule has 5 aromatic rings. The summed E-state index contributed by atoms with van der Waals surface area (Å²) in [6.07, 6.45) is 3.12. The van der Waals surface area contributed by atoms with Crippen molar-refractivity contribution in [2.24, 2.45) is 0 Å². The molecule has 0 bridgehead atoms. The number of aromatic amines is 2. The number of alkyl halides is 2. The van der Waals surface area contributed by atoms with E-state index in [1.165, 1.54) is 12.4 Å². The highest BCUT2D eigenvalue weighted by atomic mass is 19.3. The second kappa shape index (κ2) is 7.53. The molecule has 0 aliphatic heterocycles. The highest BCUT2D eigenvalue weighted by molar-refractivity contribution is 5.86. The van der Waals surface area contributed by atoms with Crippen LogP contribution in [-0.2, 0) is 0 Å². The minimum Gasteiger partial charge on any atom is -0.368 e. The average Bonchev–Trinajstić information content (AvgIpc) is 3.53. The van der Waals surface area contributed by atoms with Crippen LogP contribution in [0.4, 0.5) is 14.7 Å². The van der Waals surface area contributed by atoms with E-state index in [0.717, 1.165) is 10.9 Å². The highest BCUT2D eigenvalue weighted by Crippen LogP contribution is 2.27. The molecule has 1 atom stereocenters. The lowest BCUT2D eigenvalue weighted by atomic mass is 10.1. The van der Waals surface area contributed by atoms with Crippen LogP contribution < -0.4 is 5.32 Å². The molecule has 11 nitrogen and oxygen atoms in total. The lowest BCUT2D eigenvalue weighted by Crippen LogP contribution is -2.12. The first kappa shape index (κ1) is 18.7. The van der Waals surface area contributed by atoms with Gasteiger partial charge in [-0.3, -0.25) is 0 Å². The van der Waals surface area contributed by atoms with Gasteiger partial charge in [0.05, 0.1) is 23.3 Å².